The number of benzene rings is 12. The number of hydrogen-bond donors (Lipinski definition) is 0. The van der Waals surface area contributed by atoms with Crippen molar-refractivity contribution in [3.05, 3.63) is 307 Å². The molecule has 0 atom stereocenters. The van der Waals surface area contributed by atoms with E-state index in [-0.39, 0.29) is 10.8 Å². The zero-order chi connectivity index (χ0) is 55.1. The summed E-state index contributed by atoms with van der Waals surface area (Å²) in [6.07, 6.45) is 6.92. The summed E-state index contributed by atoms with van der Waals surface area (Å²) in [5, 5.41) is 4.84. The molecule has 15 rings (SSSR count). The normalized spacial score (nSPS) is 14.3. The zero-order valence-electron chi connectivity index (χ0n) is 46.9. The lowest BCUT2D eigenvalue weighted by molar-refractivity contribution is 0.607. The second-order valence-electron chi connectivity index (χ2n) is 23.5. The number of para-hydroxylation sites is 2. The summed E-state index contributed by atoms with van der Waals surface area (Å²) in [6, 6.07) is 99.5. The molecular formula is C80H62N2. The molecule has 3 aliphatic carbocycles. The van der Waals surface area contributed by atoms with Crippen LogP contribution in [0.2, 0.25) is 0 Å². The maximum absolute atomic E-state index is 2.55. The van der Waals surface area contributed by atoms with Crippen LogP contribution < -0.4 is 9.80 Å². The summed E-state index contributed by atoms with van der Waals surface area (Å²) < 4.78 is 0. The smallest absolute Gasteiger partial charge is 0.0468 e. The van der Waals surface area contributed by atoms with E-state index in [0.29, 0.717) is 0 Å². The van der Waals surface area contributed by atoms with Crippen LogP contribution in [0, 0.1) is 0 Å². The van der Waals surface area contributed by atoms with E-state index in [1.807, 2.05) is 0 Å². The molecule has 0 N–H and O–H groups in total. The third-order valence-electron chi connectivity index (χ3n) is 18.2. The van der Waals surface area contributed by atoms with E-state index in [1.54, 1.807) is 5.57 Å². The summed E-state index contributed by atoms with van der Waals surface area (Å²) >= 11 is 0. The summed E-state index contributed by atoms with van der Waals surface area (Å²) in [7, 11) is 0. The Balaban J connectivity index is 1.02. The molecule has 2 nitrogen and oxygen atoms in total. The first-order valence-corrected chi connectivity index (χ1v) is 29.0. The van der Waals surface area contributed by atoms with Crippen LogP contribution >= 0.6 is 0 Å². The third kappa shape index (κ3) is 8.07. The van der Waals surface area contributed by atoms with E-state index >= 15 is 0 Å². The van der Waals surface area contributed by atoms with Gasteiger partial charge in [-0.15, -0.1) is 0 Å². The highest BCUT2D eigenvalue weighted by Gasteiger charge is 2.39. The number of allylic oxidation sites excluding steroid dienone is 4. The Hall–Kier alpha value is -9.76. The Kier molecular flexibility index (Phi) is 11.7. The largest absolute Gasteiger partial charge is 0.310 e. The van der Waals surface area contributed by atoms with Crippen LogP contribution in [0.5, 0.6) is 0 Å². The third-order valence-corrected chi connectivity index (χ3v) is 18.2. The molecule has 0 unspecified atom stereocenters. The quantitative estimate of drug-likeness (QED) is 0.126. The van der Waals surface area contributed by atoms with E-state index in [4.69, 9.17) is 0 Å². The van der Waals surface area contributed by atoms with E-state index in [9.17, 15) is 0 Å². The molecule has 0 aliphatic heterocycles. The molecule has 0 amide bonds. The second-order valence-corrected chi connectivity index (χ2v) is 23.5. The summed E-state index contributed by atoms with van der Waals surface area (Å²) in [5.41, 5.74) is 27.1. The van der Waals surface area contributed by atoms with Crippen molar-refractivity contribution in [1.82, 2.24) is 0 Å². The van der Waals surface area contributed by atoms with Crippen LogP contribution in [0.1, 0.15) is 62.8 Å². The summed E-state index contributed by atoms with van der Waals surface area (Å²) in [5.74, 6) is 0. The maximum atomic E-state index is 2.55. The number of hydrogen-bond acceptors (Lipinski definition) is 2. The molecule has 392 valence electrons. The van der Waals surface area contributed by atoms with Gasteiger partial charge in [-0.05, 0) is 203 Å². The first-order valence-electron chi connectivity index (χ1n) is 29.0. The molecular weight excluding hydrogens is 989 g/mol. The van der Waals surface area contributed by atoms with E-state index in [2.05, 4.69) is 317 Å². The molecule has 0 saturated carbocycles. The van der Waals surface area contributed by atoms with Crippen molar-refractivity contribution in [2.24, 2.45) is 0 Å². The van der Waals surface area contributed by atoms with Crippen LogP contribution in [0.25, 0.3) is 82.8 Å². The van der Waals surface area contributed by atoms with Crippen molar-refractivity contribution in [3.63, 3.8) is 0 Å². The molecule has 12 aromatic rings. The SMILES string of the molecule is CC1(C)C2=C(C=CCC2)c2ccc(-c3c4ccc(N(c5ccccc5)c5ccc(-c6ccccc6)cc5)cc4c(-c4ccc5c(c4)C(C)(C)c4ccccc4-5)c4ccc(N(c5ccccc5)c5ccc(-c6ccccc6)cc5)cc34)cc21. The molecule has 0 radical (unpaired) electrons. The predicted molar refractivity (Wildman–Crippen MR) is 348 cm³/mol. The van der Waals surface area contributed by atoms with Gasteiger partial charge in [0.25, 0.3) is 0 Å². The van der Waals surface area contributed by atoms with Gasteiger partial charge >= 0.3 is 0 Å². The lowest BCUT2D eigenvalue weighted by Gasteiger charge is -2.29. The first kappa shape index (κ1) is 49.3. The van der Waals surface area contributed by atoms with Crippen molar-refractivity contribution < 1.29 is 0 Å². The molecule has 0 aromatic heterocycles. The minimum absolute atomic E-state index is 0.105. The van der Waals surface area contributed by atoms with Crippen LogP contribution in [0.4, 0.5) is 34.1 Å². The van der Waals surface area contributed by atoms with Gasteiger partial charge in [0, 0.05) is 45.0 Å². The first-order chi connectivity index (χ1) is 40.2. The van der Waals surface area contributed by atoms with Crippen LogP contribution in [-0.4, -0.2) is 0 Å². The van der Waals surface area contributed by atoms with Gasteiger partial charge < -0.3 is 9.80 Å². The topological polar surface area (TPSA) is 6.48 Å². The van der Waals surface area contributed by atoms with Gasteiger partial charge in [0.1, 0.15) is 0 Å². The van der Waals surface area contributed by atoms with Gasteiger partial charge in [0.2, 0.25) is 0 Å². The minimum atomic E-state index is -0.187. The second kappa shape index (κ2) is 19.5. The molecule has 3 aliphatic rings. The Labute approximate surface area is 482 Å². The fourth-order valence-corrected chi connectivity index (χ4v) is 14.1. The maximum Gasteiger partial charge on any atom is 0.0468 e. The van der Waals surface area contributed by atoms with Crippen LogP contribution in [0.15, 0.2) is 285 Å². The highest BCUT2D eigenvalue weighted by molar-refractivity contribution is 6.23. The average Bonchev–Trinajstić information content (AvgIpc) is 3.76. The van der Waals surface area contributed by atoms with Gasteiger partial charge in [-0.1, -0.05) is 227 Å². The Bertz CT molecular complexity index is 4510. The van der Waals surface area contributed by atoms with Gasteiger partial charge in [0.15, 0.2) is 0 Å². The van der Waals surface area contributed by atoms with E-state index < -0.39 is 0 Å². The Morgan fingerprint density at radius 3 is 1.20 bits per heavy atom. The number of nitrogens with zero attached hydrogens (tertiary/aromatic N) is 2. The standard InChI is InChI=1S/C80H62N2/c1-79(2)73-31-19-17-29-65(73)67-45-37-57(49-75(67)79)77-69-47-43-64(82(60-27-15-8-16-28-60)62-41-35-56(36-42-62)54-23-11-6-12-24-54)52-72(69)78(58-38-46-68-66-30-18-20-32-74(66)80(3,4)76(68)50-58)70-48-44-63(51-71(70)77)81(59-25-13-7-14-26-59)61-39-33-55(34-40-61)53-21-9-5-10-22-53/h5-19,21-31,33-52H,20,32H2,1-4H3. The molecule has 12 aromatic carbocycles. The molecule has 0 spiro atoms. The van der Waals surface area contributed by atoms with Gasteiger partial charge in [-0.2, -0.15) is 0 Å². The van der Waals surface area contributed by atoms with Crippen LogP contribution in [0.3, 0.4) is 0 Å². The highest BCUT2D eigenvalue weighted by Crippen LogP contribution is 2.55. The van der Waals surface area contributed by atoms with Gasteiger partial charge in [-0.25, -0.2) is 0 Å². The minimum Gasteiger partial charge on any atom is -0.310 e. The molecule has 0 fully saturated rings. The van der Waals surface area contributed by atoms with Gasteiger partial charge in [-0.3, -0.25) is 0 Å². The molecule has 2 heteroatoms. The fourth-order valence-electron chi connectivity index (χ4n) is 14.1. The van der Waals surface area contributed by atoms with Crippen molar-refractivity contribution >= 4 is 61.2 Å². The molecule has 82 heavy (non-hydrogen) atoms. The van der Waals surface area contributed by atoms with E-state index in [1.165, 1.54) is 105 Å². The predicted octanol–water partition coefficient (Wildman–Crippen LogP) is 22.3. The van der Waals surface area contributed by atoms with Crippen molar-refractivity contribution in [2.45, 2.75) is 51.4 Å². The average molecular weight is 1050 g/mol. The highest BCUT2D eigenvalue weighted by atomic mass is 15.1. The van der Waals surface area contributed by atoms with Crippen LogP contribution in [-0.2, 0) is 10.8 Å². The summed E-state index contributed by atoms with van der Waals surface area (Å²) in [4.78, 5) is 4.85. The fraction of sp³-hybridized carbons (Fsp3) is 0.100. The molecule has 0 bridgehead atoms. The van der Waals surface area contributed by atoms with Crippen molar-refractivity contribution in [2.75, 3.05) is 9.80 Å². The molecule has 0 heterocycles. The number of rotatable bonds is 10. The lowest BCUT2D eigenvalue weighted by Crippen LogP contribution is -2.17. The zero-order valence-corrected chi connectivity index (χ0v) is 46.9. The Morgan fingerprint density at radius 2 is 0.683 bits per heavy atom. The summed E-state index contributed by atoms with van der Waals surface area (Å²) in [6.45, 7) is 9.68. The van der Waals surface area contributed by atoms with Crippen molar-refractivity contribution in [1.29, 1.82) is 0 Å². The number of anilines is 6. The lowest BCUT2D eigenvalue weighted by atomic mass is 9.77. The van der Waals surface area contributed by atoms with Crippen molar-refractivity contribution in [3.8, 4) is 55.6 Å². The number of fused-ring (bicyclic) bond motifs is 7. The van der Waals surface area contributed by atoms with E-state index in [0.717, 1.165) is 47.0 Å². The molecule has 0 saturated heterocycles. The van der Waals surface area contributed by atoms with Gasteiger partial charge in [0.05, 0.1) is 0 Å². The monoisotopic (exact) mass is 1050 g/mol. The Morgan fingerprint density at radius 1 is 0.293 bits per heavy atom.